The van der Waals surface area contributed by atoms with Crippen molar-refractivity contribution < 1.29 is 0 Å². The molecule has 0 unspecified atom stereocenters. The number of benzene rings is 1. The van der Waals surface area contributed by atoms with Gasteiger partial charge in [0, 0.05) is 37.8 Å². The van der Waals surface area contributed by atoms with Crippen molar-refractivity contribution in [1.82, 2.24) is 25.2 Å². The molecule has 154 valence electrons. The molecular weight excluding hydrogens is 384 g/mol. The Labute approximate surface area is 177 Å². The first-order chi connectivity index (χ1) is 14.0. The summed E-state index contributed by atoms with van der Waals surface area (Å²) in [5.74, 6) is 1.79. The van der Waals surface area contributed by atoms with Gasteiger partial charge >= 0.3 is 0 Å². The van der Waals surface area contributed by atoms with Gasteiger partial charge in [-0.25, -0.2) is 0 Å². The summed E-state index contributed by atoms with van der Waals surface area (Å²) in [7, 11) is 1.80. The lowest BCUT2D eigenvalue weighted by Crippen LogP contribution is -2.43. The summed E-state index contributed by atoms with van der Waals surface area (Å²) in [4.78, 5) is 4.34. The molecule has 0 spiro atoms. The SMILES string of the molecule is CN=C(NCCCc1nnc2ccccn12)NCC(C)(C)Cc1cccc(Cl)c1. The van der Waals surface area contributed by atoms with E-state index in [1.165, 1.54) is 5.56 Å². The molecule has 2 N–H and O–H groups in total. The second kappa shape index (κ2) is 9.74. The second-order valence-corrected chi connectivity index (χ2v) is 8.41. The van der Waals surface area contributed by atoms with Crippen LogP contribution in [0.5, 0.6) is 0 Å². The third-order valence-corrected chi connectivity index (χ3v) is 5.02. The molecule has 7 heteroatoms. The van der Waals surface area contributed by atoms with Crippen LogP contribution in [-0.4, -0.2) is 40.7 Å². The summed E-state index contributed by atoms with van der Waals surface area (Å²) in [6, 6.07) is 14.0. The van der Waals surface area contributed by atoms with E-state index < -0.39 is 0 Å². The van der Waals surface area contributed by atoms with Crippen LogP contribution >= 0.6 is 11.6 Å². The van der Waals surface area contributed by atoms with Crippen molar-refractivity contribution in [1.29, 1.82) is 0 Å². The molecule has 0 amide bonds. The molecule has 3 aromatic rings. The number of pyridine rings is 1. The highest BCUT2D eigenvalue weighted by Gasteiger charge is 2.19. The third-order valence-electron chi connectivity index (χ3n) is 4.78. The number of rotatable bonds is 8. The molecule has 0 aliphatic heterocycles. The van der Waals surface area contributed by atoms with Crippen molar-refractivity contribution in [2.75, 3.05) is 20.1 Å². The van der Waals surface area contributed by atoms with E-state index >= 15 is 0 Å². The predicted molar refractivity (Wildman–Crippen MR) is 120 cm³/mol. The van der Waals surface area contributed by atoms with Crippen LogP contribution in [0.4, 0.5) is 0 Å². The quantitative estimate of drug-likeness (QED) is 0.336. The zero-order valence-electron chi connectivity index (χ0n) is 17.3. The fourth-order valence-corrected chi connectivity index (χ4v) is 3.53. The van der Waals surface area contributed by atoms with Gasteiger partial charge in [0.2, 0.25) is 0 Å². The van der Waals surface area contributed by atoms with Gasteiger partial charge in [0.05, 0.1) is 0 Å². The maximum atomic E-state index is 6.11. The highest BCUT2D eigenvalue weighted by atomic mass is 35.5. The number of hydrogen-bond acceptors (Lipinski definition) is 3. The first-order valence-corrected chi connectivity index (χ1v) is 10.3. The predicted octanol–water partition coefficient (Wildman–Crippen LogP) is 3.75. The van der Waals surface area contributed by atoms with Gasteiger partial charge in [0.1, 0.15) is 5.82 Å². The molecule has 29 heavy (non-hydrogen) atoms. The Balaban J connectivity index is 1.43. The Morgan fingerprint density at radius 2 is 2.00 bits per heavy atom. The molecule has 2 heterocycles. The number of guanidine groups is 1. The van der Waals surface area contributed by atoms with Crippen LogP contribution in [0.3, 0.4) is 0 Å². The molecule has 1 aromatic carbocycles. The molecule has 0 aliphatic carbocycles. The highest BCUT2D eigenvalue weighted by molar-refractivity contribution is 6.30. The maximum Gasteiger partial charge on any atom is 0.190 e. The molecule has 2 aromatic heterocycles. The second-order valence-electron chi connectivity index (χ2n) is 7.97. The normalized spacial score (nSPS) is 12.3. The van der Waals surface area contributed by atoms with Crippen molar-refractivity contribution in [3.63, 3.8) is 0 Å². The fourth-order valence-electron chi connectivity index (χ4n) is 3.32. The first kappa shape index (κ1) is 21.1. The van der Waals surface area contributed by atoms with Gasteiger partial charge in [0.15, 0.2) is 11.6 Å². The fraction of sp³-hybridized carbons (Fsp3) is 0.409. The highest BCUT2D eigenvalue weighted by Crippen LogP contribution is 2.22. The topological polar surface area (TPSA) is 66.6 Å². The number of aromatic nitrogens is 3. The standard InChI is InChI=1S/C22H29ClN6/c1-22(2,15-17-8-6-9-18(23)14-17)16-26-21(24-3)25-12-7-11-20-28-27-19-10-4-5-13-29(19)20/h4-6,8-10,13-14H,7,11-12,15-16H2,1-3H3,(H2,24,25,26). The van der Waals surface area contributed by atoms with Gasteiger partial charge in [-0.1, -0.05) is 43.6 Å². The van der Waals surface area contributed by atoms with Crippen LogP contribution in [0.1, 0.15) is 31.7 Å². The summed E-state index contributed by atoms with van der Waals surface area (Å²) in [5.41, 5.74) is 2.20. The van der Waals surface area contributed by atoms with Crippen LogP contribution in [0.25, 0.3) is 5.65 Å². The van der Waals surface area contributed by atoms with Crippen molar-refractivity contribution in [3.8, 4) is 0 Å². The van der Waals surface area contributed by atoms with E-state index in [-0.39, 0.29) is 5.41 Å². The molecule has 3 rings (SSSR count). The zero-order chi connectivity index (χ0) is 20.7. The third kappa shape index (κ3) is 6.19. The van der Waals surface area contributed by atoms with Crippen LogP contribution in [0, 0.1) is 5.41 Å². The van der Waals surface area contributed by atoms with Gasteiger partial charge < -0.3 is 10.6 Å². The molecule has 0 aliphatic rings. The maximum absolute atomic E-state index is 6.11. The van der Waals surface area contributed by atoms with E-state index in [1.807, 2.05) is 47.0 Å². The number of aryl methyl sites for hydroxylation is 1. The summed E-state index contributed by atoms with van der Waals surface area (Å²) in [6.45, 7) is 6.11. The van der Waals surface area contributed by atoms with Crippen molar-refractivity contribution in [3.05, 3.63) is 65.1 Å². The monoisotopic (exact) mass is 412 g/mol. The molecule has 0 saturated heterocycles. The van der Waals surface area contributed by atoms with Gasteiger partial charge in [-0.3, -0.25) is 9.39 Å². The lowest BCUT2D eigenvalue weighted by Gasteiger charge is -2.26. The molecule has 0 bridgehead atoms. The van der Waals surface area contributed by atoms with E-state index in [0.717, 1.165) is 54.8 Å². The average Bonchev–Trinajstić information content (AvgIpc) is 3.10. The van der Waals surface area contributed by atoms with Gasteiger partial charge in [-0.05, 0) is 48.1 Å². The van der Waals surface area contributed by atoms with E-state index in [4.69, 9.17) is 11.6 Å². The Kier molecular flexibility index (Phi) is 7.09. The van der Waals surface area contributed by atoms with Crippen LogP contribution in [0.2, 0.25) is 5.02 Å². The Morgan fingerprint density at radius 3 is 2.79 bits per heavy atom. The Morgan fingerprint density at radius 1 is 1.14 bits per heavy atom. The molecule has 6 nitrogen and oxygen atoms in total. The molecule has 0 saturated carbocycles. The molecule has 0 atom stereocenters. The summed E-state index contributed by atoms with van der Waals surface area (Å²) < 4.78 is 2.03. The number of aliphatic imine (C=N–C) groups is 1. The zero-order valence-corrected chi connectivity index (χ0v) is 18.1. The van der Waals surface area contributed by atoms with E-state index in [9.17, 15) is 0 Å². The van der Waals surface area contributed by atoms with Gasteiger partial charge in [0.25, 0.3) is 0 Å². The van der Waals surface area contributed by atoms with Crippen LogP contribution < -0.4 is 10.6 Å². The van der Waals surface area contributed by atoms with Crippen molar-refractivity contribution >= 4 is 23.2 Å². The Hall–Kier alpha value is -2.60. The van der Waals surface area contributed by atoms with Crippen molar-refractivity contribution in [2.24, 2.45) is 10.4 Å². The van der Waals surface area contributed by atoms with E-state index in [2.05, 4.69) is 45.7 Å². The molecule has 0 radical (unpaired) electrons. The number of fused-ring (bicyclic) bond motifs is 1. The average molecular weight is 413 g/mol. The summed E-state index contributed by atoms with van der Waals surface area (Å²) in [5, 5.41) is 16.1. The molecule has 0 fully saturated rings. The minimum atomic E-state index is 0.0722. The van der Waals surface area contributed by atoms with Gasteiger partial charge in [-0.2, -0.15) is 0 Å². The van der Waals surface area contributed by atoms with Crippen LogP contribution in [0.15, 0.2) is 53.7 Å². The lowest BCUT2D eigenvalue weighted by atomic mass is 9.86. The summed E-state index contributed by atoms with van der Waals surface area (Å²) >= 11 is 6.11. The minimum absolute atomic E-state index is 0.0722. The smallest absolute Gasteiger partial charge is 0.190 e. The Bertz CT molecular complexity index is 963. The van der Waals surface area contributed by atoms with Gasteiger partial charge in [-0.15, -0.1) is 10.2 Å². The van der Waals surface area contributed by atoms with Crippen molar-refractivity contribution in [2.45, 2.75) is 33.1 Å². The number of hydrogen-bond donors (Lipinski definition) is 2. The van der Waals surface area contributed by atoms with Crippen LogP contribution in [-0.2, 0) is 12.8 Å². The molecular formula is C22H29ClN6. The number of nitrogens with one attached hydrogen (secondary N) is 2. The number of nitrogens with zero attached hydrogens (tertiary/aromatic N) is 4. The first-order valence-electron chi connectivity index (χ1n) is 9.94. The van der Waals surface area contributed by atoms with E-state index in [1.54, 1.807) is 7.05 Å². The summed E-state index contributed by atoms with van der Waals surface area (Å²) in [6.07, 6.45) is 4.75. The largest absolute Gasteiger partial charge is 0.356 e. The minimum Gasteiger partial charge on any atom is -0.356 e. The van der Waals surface area contributed by atoms with E-state index in [0.29, 0.717) is 0 Å². The number of halogens is 1. The lowest BCUT2D eigenvalue weighted by molar-refractivity contribution is 0.359.